The van der Waals surface area contributed by atoms with Crippen LogP contribution >= 0.6 is 0 Å². The lowest BCUT2D eigenvalue weighted by atomic mass is 9.86. The molecule has 0 amide bonds. The maximum absolute atomic E-state index is 9.10. The summed E-state index contributed by atoms with van der Waals surface area (Å²) in [5.74, 6) is 0. The zero-order valence-electron chi connectivity index (χ0n) is 13.0. The van der Waals surface area contributed by atoms with Crippen molar-refractivity contribution >= 4 is 17.7 Å². The smallest absolute Gasteiger partial charge is 0.179 e. The fourth-order valence-corrected chi connectivity index (χ4v) is 3.57. The summed E-state index contributed by atoms with van der Waals surface area (Å²) in [7, 11) is 0. The van der Waals surface area contributed by atoms with Gasteiger partial charge in [0, 0.05) is 13.1 Å². The number of hydrogen-bond donors (Lipinski definition) is 0. The standard InChI is InChI=1S/C21H18N2/c22-15-23-13-11-18(12-14-23)21-19-7-3-1-5-16(19)9-10-17-6-2-4-8-20(17)21/h1-10H,11-14H2. The first kappa shape index (κ1) is 13.8. The highest BCUT2D eigenvalue weighted by Gasteiger charge is 2.21. The van der Waals surface area contributed by atoms with Crippen molar-refractivity contribution in [3.63, 3.8) is 0 Å². The predicted octanol–water partition coefficient (Wildman–Crippen LogP) is 4.55. The van der Waals surface area contributed by atoms with Crippen LogP contribution in [0.2, 0.25) is 0 Å². The minimum Gasteiger partial charge on any atom is -0.310 e. The van der Waals surface area contributed by atoms with E-state index < -0.39 is 0 Å². The fourth-order valence-electron chi connectivity index (χ4n) is 3.57. The predicted molar refractivity (Wildman–Crippen MR) is 94.3 cm³/mol. The number of piperidine rings is 1. The minimum atomic E-state index is 0.826. The lowest BCUT2D eigenvalue weighted by Gasteiger charge is -2.26. The molecule has 2 aromatic carbocycles. The highest BCUT2D eigenvalue weighted by molar-refractivity contribution is 5.94. The molecular weight excluding hydrogens is 280 g/mol. The molecule has 1 heterocycles. The first-order chi connectivity index (χ1) is 11.4. The van der Waals surface area contributed by atoms with Gasteiger partial charge >= 0.3 is 0 Å². The first-order valence-electron chi connectivity index (χ1n) is 8.10. The van der Waals surface area contributed by atoms with Crippen LogP contribution in [0.25, 0.3) is 17.7 Å². The van der Waals surface area contributed by atoms with E-state index in [0.717, 1.165) is 25.9 Å². The van der Waals surface area contributed by atoms with Gasteiger partial charge in [0.25, 0.3) is 0 Å². The first-order valence-corrected chi connectivity index (χ1v) is 8.10. The Morgan fingerprint density at radius 3 is 1.83 bits per heavy atom. The number of fused-ring (bicyclic) bond motifs is 2. The molecule has 0 atom stereocenters. The van der Waals surface area contributed by atoms with Crippen LogP contribution < -0.4 is 0 Å². The van der Waals surface area contributed by atoms with Crippen LogP contribution in [-0.2, 0) is 0 Å². The Kier molecular flexibility index (Phi) is 3.48. The third-order valence-electron chi connectivity index (χ3n) is 4.76. The van der Waals surface area contributed by atoms with Crippen LogP contribution in [0.1, 0.15) is 35.1 Å². The van der Waals surface area contributed by atoms with Crippen molar-refractivity contribution < 1.29 is 0 Å². The monoisotopic (exact) mass is 298 g/mol. The van der Waals surface area contributed by atoms with Gasteiger partial charge in [-0.05, 0) is 40.7 Å². The van der Waals surface area contributed by atoms with E-state index in [0.29, 0.717) is 0 Å². The van der Waals surface area contributed by atoms with Gasteiger partial charge in [0.05, 0.1) is 0 Å². The molecule has 0 aromatic heterocycles. The van der Waals surface area contributed by atoms with Crippen molar-refractivity contribution in [3.8, 4) is 6.19 Å². The maximum atomic E-state index is 9.10. The molecule has 1 fully saturated rings. The quantitative estimate of drug-likeness (QED) is 0.569. The SMILES string of the molecule is N#CN1CCC(=C2c3ccccc3C=Cc3ccccc32)CC1. The van der Waals surface area contributed by atoms with Gasteiger partial charge in [-0.2, -0.15) is 5.26 Å². The molecule has 2 aliphatic rings. The molecule has 0 saturated carbocycles. The Hall–Kier alpha value is -2.79. The summed E-state index contributed by atoms with van der Waals surface area (Å²) in [5.41, 5.74) is 8.02. The van der Waals surface area contributed by atoms with Gasteiger partial charge in [0.1, 0.15) is 0 Å². The highest BCUT2D eigenvalue weighted by Crippen LogP contribution is 2.38. The maximum Gasteiger partial charge on any atom is 0.179 e. The molecule has 1 aliphatic heterocycles. The topological polar surface area (TPSA) is 27.0 Å². The summed E-state index contributed by atoms with van der Waals surface area (Å²) >= 11 is 0. The number of benzene rings is 2. The molecule has 0 bridgehead atoms. The molecule has 2 nitrogen and oxygen atoms in total. The van der Waals surface area contributed by atoms with E-state index in [1.807, 2.05) is 4.90 Å². The third kappa shape index (κ3) is 2.45. The lowest BCUT2D eigenvalue weighted by Crippen LogP contribution is -2.26. The van der Waals surface area contributed by atoms with Gasteiger partial charge < -0.3 is 4.90 Å². The van der Waals surface area contributed by atoms with Crippen molar-refractivity contribution in [2.24, 2.45) is 0 Å². The zero-order valence-corrected chi connectivity index (χ0v) is 13.0. The second-order valence-corrected chi connectivity index (χ2v) is 6.07. The Morgan fingerprint density at radius 2 is 1.30 bits per heavy atom. The van der Waals surface area contributed by atoms with E-state index in [9.17, 15) is 0 Å². The lowest BCUT2D eigenvalue weighted by molar-refractivity contribution is 0.365. The summed E-state index contributed by atoms with van der Waals surface area (Å²) in [6, 6.07) is 17.2. The van der Waals surface area contributed by atoms with Gasteiger partial charge in [-0.15, -0.1) is 0 Å². The molecule has 1 saturated heterocycles. The van der Waals surface area contributed by atoms with E-state index >= 15 is 0 Å². The minimum absolute atomic E-state index is 0.826. The van der Waals surface area contributed by atoms with E-state index in [1.54, 1.807) is 0 Å². The third-order valence-corrected chi connectivity index (χ3v) is 4.76. The molecule has 0 radical (unpaired) electrons. The van der Waals surface area contributed by atoms with Crippen LogP contribution in [0.3, 0.4) is 0 Å². The average molecular weight is 298 g/mol. The van der Waals surface area contributed by atoms with Crippen LogP contribution in [0.15, 0.2) is 54.1 Å². The molecule has 1 aliphatic carbocycles. The molecule has 23 heavy (non-hydrogen) atoms. The average Bonchev–Trinajstić information content (AvgIpc) is 2.79. The van der Waals surface area contributed by atoms with Crippen LogP contribution in [0, 0.1) is 11.5 Å². The number of likely N-dealkylation sites (tertiary alicyclic amines) is 1. The van der Waals surface area contributed by atoms with Crippen LogP contribution in [-0.4, -0.2) is 18.0 Å². The molecule has 0 spiro atoms. The molecular formula is C21H18N2. The van der Waals surface area contributed by atoms with Gasteiger partial charge in [-0.25, -0.2) is 0 Å². The van der Waals surface area contributed by atoms with Crippen molar-refractivity contribution in [1.29, 1.82) is 5.26 Å². The fraction of sp³-hybridized carbons (Fsp3) is 0.190. The van der Waals surface area contributed by atoms with Crippen LogP contribution in [0.5, 0.6) is 0 Å². The number of rotatable bonds is 0. The van der Waals surface area contributed by atoms with Gasteiger partial charge in [-0.3, -0.25) is 0 Å². The summed E-state index contributed by atoms with van der Waals surface area (Å²) in [4.78, 5) is 1.86. The van der Waals surface area contributed by atoms with Gasteiger partial charge in [-0.1, -0.05) is 66.3 Å². The number of nitrogens with zero attached hydrogens (tertiary/aromatic N) is 2. The van der Waals surface area contributed by atoms with Crippen molar-refractivity contribution in [3.05, 3.63) is 76.4 Å². The number of hydrogen-bond acceptors (Lipinski definition) is 2. The largest absolute Gasteiger partial charge is 0.310 e. The van der Waals surface area contributed by atoms with Crippen molar-refractivity contribution in [1.82, 2.24) is 4.90 Å². The van der Waals surface area contributed by atoms with Crippen molar-refractivity contribution in [2.75, 3.05) is 13.1 Å². The molecule has 2 aromatic rings. The molecule has 0 N–H and O–H groups in total. The normalized spacial score (nSPS) is 16.4. The summed E-state index contributed by atoms with van der Waals surface area (Å²) in [6.45, 7) is 1.65. The summed E-state index contributed by atoms with van der Waals surface area (Å²) in [6.07, 6.45) is 8.63. The van der Waals surface area contributed by atoms with E-state index in [2.05, 4.69) is 66.9 Å². The van der Waals surface area contributed by atoms with Gasteiger partial charge in [0.15, 0.2) is 6.19 Å². The molecule has 4 rings (SSSR count). The molecule has 0 unspecified atom stereocenters. The molecule has 112 valence electrons. The van der Waals surface area contributed by atoms with E-state index in [-0.39, 0.29) is 0 Å². The van der Waals surface area contributed by atoms with Crippen LogP contribution in [0.4, 0.5) is 0 Å². The second-order valence-electron chi connectivity index (χ2n) is 6.07. The van der Waals surface area contributed by atoms with E-state index in [1.165, 1.54) is 33.4 Å². The summed E-state index contributed by atoms with van der Waals surface area (Å²) in [5, 5.41) is 9.10. The summed E-state index contributed by atoms with van der Waals surface area (Å²) < 4.78 is 0. The Bertz CT molecular complexity index is 791. The van der Waals surface area contributed by atoms with Gasteiger partial charge in [0.2, 0.25) is 0 Å². The highest BCUT2D eigenvalue weighted by atomic mass is 15.1. The van der Waals surface area contributed by atoms with E-state index in [4.69, 9.17) is 5.26 Å². The zero-order chi connectivity index (χ0) is 15.6. The second kappa shape index (κ2) is 5.78. The Morgan fingerprint density at radius 1 is 0.783 bits per heavy atom. The Labute approximate surface area is 137 Å². The van der Waals surface area contributed by atoms with Crippen molar-refractivity contribution in [2.45, 2.75) is 12.8 Å². The molecule has 2 heteroatoms. The Balaban J connectivity index is 1.92. The number of nitriles is 1.